The number of pyridine rings is 1. The highest BCUT2D eigenvalue weighted by atomic mass is 16.4. The Kier molecular flexibility index (Phi) is 3.98. The number of aromatic nitrogens is 1. The van der Waals surface area contributed by atoms with Crippen molar-refractivity contribution in [1.82, 2.24) is 4.98 Å². The number of benzene rings is 2. The molecule has 0 atom stereocenters. The zero-order chi connectivity index (χ0) is 16.4. The van der Waals surface area contributed by atoms with Gasteiger partial charge in [-0.25, -0.2) is 0 Å². The molecule has 1 aromatic heterocycles. The lowest BCUT2D eigenvalue weighted by molar-refractivity contribution is -0.136. The van der Waals surface area contributed by atoms with Crippen LogP contribution in [0, 0.1) is 13.8 Å². The van der Waals surface area contributed by atoms with Gasteiger partial charge in [-0.15, -0.1) is 0 Å². The van der Waals surface area contributed by atoms with Crippen molar-refractivity contribution in [2.75, 3.05) is 5.32 Å². The number of carboxylic acid groups (broad SMARTS) is 1. The average Bonchev–Trinajstić information content (AvgIpc) is 2.52. The average molecular weight is 306 g/mol. The Morgan fingerprint density at radius 3 is 2.48 bits per heavy atom. The molecule has 0 aliphatic carbocycles. The summed E-state index contributed by atoms with van der Waals surface area (Å²) in [7, 11) is 0. The van der Waals surface area contributed by atoms with Crippen LogP contribution in [0.3, 0.4) is 0 Å². The number of nitrogens with zero attached hydrogens (tertiary/aromatic N) is 1. The first kappa shape index (κ1) is 15.0. The van der Waals surface area contributed by atoms with Crippen LogP contribution in [0.4, 0.5) is 11.4 Å². The highest BCUT2D eigenvalue weighted by Gasteiger charge is 2.15. The number of fused-ring (bicyclic) bond motifs is 1. The Labute approximate surface area is 134 Å². The van der Waals surface area contributed by atoms with E-state index in [4.69, 9.17) is 0 Å². The molecule has 116 valence electrons. The maximum absolute atomic E-state index is 11.3. The standard InChI is InChI=1S/C19H18N2O2/c1-12-7-9-14(10-8-12)21-19-15-5-3-4-6-17(15)20-13(2)16(19)11-18(22)23/h3-10H,11H2,1-2H3,(H,20,21)(H,22,23). The molecule has 4 nitrogen and oxygen atoms in total. The number of carbonyl (C=O) groups is 1. The molecule has 0 aliphatic rings. The van der Waals surface area contributed by atoms with Crippen molar-refractivity contribution in [1.29, 1.82) is 0 Å². The zero-order valence-electron chi connectivity index (χ0n) is 13.1. The third-order valence-electron chi connectivity index (χ3n) is 3.85. The van der Waals surface area contributed by atoms with Gasteiger partial charge < -0.3 is 10.4 Å². The molecule has 0 spiro atoms. The zero-order valence-corrected chi connectivity index (χ0v) is 13.1. The van der Waals surface area contributed by atoms with E-state index in [0.29, 0.717) is 0 Å². The lowest BCUT2D eigenvalue weighted by atomic mass is 10.0. The van der Waals surface area contributed by atoms with Gasteiger partial charge in [0.05, 0.1) is 17.6 Å². The van der Waals surface area contributed by atoms with E-state index in [2.05, 4.69) is 10.3 Å². The molecule has 0 amide bonds. The van der Waals surface area contributed by atoms with Crippen LogP contribution in [0.15, 0.2) is 48.5 Å². The van der Waals surface area contributed by atoms with Gasteiger partial charge in [0.2, 0.25) is 0 Å². The number of anilines is 2. The summed E-state index contributed by atoms with van der Waals surface area (Å²) in [5, 5.41) is 13.5. The van der Waals surface area contributed by atoms with Crippen LogP contribution in [0.2, 0.25) is 0 Å². The molecular weight excluding hydrogens is 288 g/mol. The first-order valence-corrected chi connectivity index (χ1v) is 7.48. The maximum atomic E-state index is 11.3. The molecule has 2 N–H and O–H groups in total. The van der Waals surface area contributed by atoms with Gasteiger partial charge in [-0.1, -0.05) is 35.9 Å². The molecule has 0 fully saturated rings. The second-order valence-electron chi connectivity index (χ2n) is 5.63. The molecule has 0 radical (unpaired) electrons. The monoisotopic (exact) mass is 306 g/mol. The fourth-order valence-electron chi connectivity index (χ4n) is 2.67. The van der Waals surface area contributed by atoms with Crippen LogP contribution < -0.4 is 5.32 Å². The molecule has 0 bridgehead atoms. The summed E-state index contributed by atoms with van der Waals surface area (Å²) in [6, 6.07) is 15.8. The quantitative estimate of drug-likeness (QED) is 0.757. The Balaban J connectivity index is 2.17. The molecule has 1 heterocycles. The highest BCUT2D eigenvalue weighted by molar-refractivity contribution is 5.96. The molecule has 0 unspecified atom stereocenters. The van der Waals surface area contributed by atoms with E-state index < -0.39 is 5.97 Å². The summed E-state index contributed by atoms with van der Waals surface area (Å²) in [5.41, 5.74) is 5.24. The van der Waals surface area contributed by atoms with Gasteiger partial charge in [-0.3, -0.25) is 9.78 Å². The molecule has 0 saturated carbocycles. The van der Waals surface area contributed by atoms with Crippen LogP contribution in [-0.4, -0.2) is 16.1 Å². The van der Waals surface area contributed by atoms with Gasteiger partial charge in [0.15, 0.2) is 0 Å². The summed E-state index contributed by atoms with van der Waals surface area (Å²) in [6.07, 6.45) is -0.0577. The van der Waals surface area contributed by atoms with Crippen molar-refractivity contribution < 1.29 is 9.90 Å². The predicted octanol–water partition coefficient (Wildman–Crippen LogP) is 4.22. The van der Waals surface area contributed by atoms with E-state index in [0.717, 1.165) is 33.5 Å². The van der Waals surface area contributed by atoms with E-state index in [1.165, 1.54) is 5.56 Å². The highest BCUT2D eigenvalue weighted by Crippen LogP contribution is 2.31. The molecule has 4 heteroatoms. The Hall–Kier alpha value is -2.88. The largest absolute Gasteiger partial charge is 0.481 e. The number of nitrogens with one attached hydrogen (secondary N) is 1. The summed E-state index contributed by atoms with van der Waals surface area (Å²) in [6.45, 7) is 3.89. The van der Waals surface area contributed by atoms with Gasteiger partial charge in [-0.05, 0) is 32.0 Å². The second-order valence-corrected chi connectivity index (χ2v) is 5.63. The van der Waals surface area contributed by atoms with Crippen molar-refractivity contribution in [3.8, 4) is 0 Å². The van der Waals surface area contributed by atoms with Crippen LogP contribution in [0.1, 0.15) is 16.8 Å². The summed E-state index contributed by atoms with van der Waals surface area (Å²) >= 11 is 0. The molecule has 0 aliphatic heterocycles. The third-order valence-corrected chi connectivity index (χ3v) is 3.85. The summed E-state index contributed by atoms with van der Waals surface area (Å²) in [5.74, 6) is -0.864. The van der Waals surface area contributed by atoms with Gasteiger partial charge in [0, 0.05) is 22.3 Å². The van der Waals surface area contributed by atoms with E-state index in [1.54, 1.807) is 0 Å². The molecule has 0 saturated heterocycles. The van der Waals surface area contributed by atoms with Gasteiger partial charge in [-0.2, -0.15) is 0 Å². The van der Waals surface area contributed by atoms with E-state index in [9.17, 15) is 9.90 Å². The number of hydrogen-bond donors (Lipinski definition) is 2. The van der Waals surface area contributed by atoms with Crippen molar-refractivity contribution in [3.63, 3.8) is 0 Å². The number of aryl methyl sites for hydroxylation is 2. The number of carboxylic acids is 1. The topological polar surface area (TPSA) is 62.2 Å². The maximum Gasteiger partial charge on any atom is 0.307 e. The van der Waals surface area contributed by atoms with E-state index in [1.807, 2.05) is 62.4 Å². The lowest BCUT2D eigenvalue weighted by Gasteiger charge is -2.16. The number of para-hydroxylation sites is 1. The van der Waals surface area contributed by atoms with Gasteiger partial charge in [0.1, 0.15) is 0 Å². The molecule has 3 aromatic rings. The first-order chi connectivity index (χ1) is 11.0. The summed E-state index contributed by atoms with van der Waals surface area (Å²) < 4.78 is 0. The normalized spacial score (nSPS) is 10.7. The molecular formula is C19H18N2O2. The molecule has 2 aromatic carbocycles. The van der Waals surface area contributed by atoms with Crippen molar-refractivity contribution in [3.05, 3.63) is 65.4 Å². The van der Waals surface area contributed by atoms with Gasteiger partial charge in [0.25, 0.3) is 0 Å². The molecule has 23 heavy (non-hydrogen) atoms. The Morgan fingerprint density at radius 1 is 1.09 bits per heavy atom. The van der Waals surface area contributed by atoms with E-state index >= 15 is 0 Å². The van der Waals surface area contributed by atoms with Crippen molar-refractivity contribution >= 4 is 28.2 Å². The van der Waals surface area contributed by atoms with Crippen LogP contribution in [0.25, 0.3) is 10.9 Å². The fourth-order valence-corrected chi connectivity index (χ4v) is 2.67. The van der Waals surface area contributed by atoms with Crippen LogP contribution >= 0.6 is 0 Å². The SMILES string of the molecule is Cc1ccc(Nc2c(CC(=O)O)c(C)nc3ccccc23)cc1. The Bertz CT molecular complexity index is 870. The van der Waals surface area contributed by atoms with Gasteiger partial charge >= 0.3 is 5.97 Å². The smallest absolute Gasteiger partial charge is 0.307 e. The Morgan fingerprint density at radius 2 is 1.78 bits per heavy atom. The van der Waals surface area contributed by atoms with Crippen LogP contribution in [-0.2, 0) is 11.2 Å². The third kappa shape index (κ3) is 3.16. The molecule has 3 rings (SSSR count). The van der Waals surface area contributed by atoms with Crippen LogP contribution in [0.5, 0.6) is 0 Å². The van der Waals surface area contributed by atoms with E-state index in [-0.39, 0.29) is 6.42 Å². The number of rotatable bonds is 4. The van der Waals surface area contributed by atoms with Crippen molar-refractivity contribution in [2.45, 2.75) is 20.3 Å². The summed E-state index contributed by atoms with van der Waals surface area (Å²) in [4.78, 5) is 15.8. The number of hydrogen-bond acceptors (Lipinski definition) is 3. The first-order valence-electron chi connectivity index (χ1n) is 7.48. The minimum atomic E-state index is -0.864. The lowest BCUT2D eigenvalue weighted by Crippen LogP contribution is -2.08. The minimum absolute atomic E-state index is 0.0577. The second kappa shape index (κ2) is 6.08. The number of aliphatic carboxylic acids is 1. The predicted molar refractivity (Wildman–Crippen MR) is 92.3 cm³/mol. The van der Waals surface area contributed by atoms with Crippen molar-refractivity contribution in [2.24, 2.45) is 0 Å². The minimum Gasteiger partial charge on any atom is -0.481 e. The fraction of sp³-hybridized carbons (Fsp3) is 0.158.